The largest absolute Gasteiger partial charge is 0.497 e. The van der Waals surface area contributed by atoms with Gasteiger partial charge in [-0.25, -0.2) is 4.98 Å². The molecule has 1 aromatic carbocycles. The highest BCUT2D eigenvalue weighted by atomic mass is 16.6. The monoisotopic (exact) mass is 488 g/mol. The number of nitro groups is 3. The van der Waals surface area contributed by atoms with Crippen LogP contribution in [0.4, 0.5) is 28.7 Å². The Morgan fingerprint density at radius 2 is 1.74 bits per heavy atom. The van der Waals surface area contributed by atoms with Gasteiger partial charge in [0, 0.05) is 30.2 Å². The highest BCUT2D eigenvalue weighted by Crippen LogP contribution is 2.38. The molecule has 0 bridgehead atoms. The Hall–Kier alpha value is -5.15. The van der Waals surface area contributed by atoms with E-state index < -0.39 is 37.6 Å². The summed E-state index contributed by atoms with van der Waals surface area (Å²) < 4.78 is 0. The SMILES string of the molecule is Cc1nc(N)[nH]c(=O)c1CCCNc1cccnc1.O=[N+]([O-])c1cc([N+](=O)[O-])c(O)c([N+](=O)[O-])c1. The van der Waals surface area contributed by atoms with Crippen molar-refractivity contribution in [3.63, 3.8) is 0 Å². The summed E-state index contributed by atoms with van der Waals surface area (Å²) in [6.45, 7) is 2.57. The molecule has 0 radical (unpaired) electrons. The molecule has 0 aliphatic rings. The lowest BCUT2D eigenvalue weighted by Gasteiger charge is -2.07. The zero-order valence-electron chi connectivity index (χ0n) is 18.2. The molecule has 0 aliphatic heterocycles. The number of anilines is 2. The lowest BCUT2D eigenvalue weighted by Crippen LogP contribution is -2.19. The Kier molecular flexibility index (Phi) is 8.68. The third kappa shape index (κ3) is 7.17. The van der Waals surface area contributed by atoms with Crippen LogP contribution in [0.25, 0.3) is 0 Å². The van der Waals surface area contributed by atoms with Gasteiger partial charge in [0.1, 0.15) is 0 Å². The smallest absolute Gasteiger partial charge is 0.324 e. The van der Waals surface area contributed by atoms with Gasteiger partial charge in [-0.05, 0) is 31.9 Å². The quantitative estimate of drug-likeness (QED) is 0.202. The number of aromatic nitrogens is 3. The number of rotatable bonds is 8. The summed E-state index contributed by atoms with van der Waals surface area (Å²) in [7, 11) is 0. The van der Waals surface area contributed by atoms with Gasteiger partial charge in [0.2, 0.25) is 5.95 Å². The number of hydrogen-bond donors (Lipinski definition) is 4. The molecule has 3 rings (SSSR count). The van der Waals surface area contributed by atoms with Crippen molar-refractivity contribution in [3.05, 3.63) is 88.6 Å². The van der Waals surface area contributed by atoms with Crippen molar-refractivity contribution in [1.29, 1.82) is 0 Å². The van der Waals surface area contributed by atoms with E-state index in [-0.39, 0.29) is 11.5 Å². The molecule has 16 nitrogen and oxygen atoms in total. The number of aromatic amines is 1. The van der Waals surface area contributed by atoms with Gasteiger partial charge in [0.25, 0.3) is 17.0 Å². The summed E-state index contributed by atoms with van der Waals surface area (Å²) in [4.78, 5) is 50.1. The topological polar surface area (TPSA) is 246 Å². The molecule has 0 saturated carbocycles. The number of nitrogens with one attached hydrogen (secondary N) is 2. The van der Waals surface area contributed by atoms with Gasteiger partial charge in [-0.2, -0.15) is 0 Å². The average molecular weight is 488 g/mol. The molecule has 16 heteroatoms. The molecule has 0 spiro atoms. The molecular weight excluding hydrogens is 468 g/mol. The van der Waals surface area contributed by atoms with Gasteiger partial charge >= 0.3 is 11.4 Å². The summed E-state index contributed by atoms with van der Waals surface area (Å²) in [5.74, 6) is -1.04. The van der Waals surface area contributed by atoms with Crippen LogP contribution in [0, 0.1) is 37.3 Å². The number of benzene rings is 1. The molecule has 0 saturated heterocycles. The predicted octanol–water partition coefficient (Wildman–Crippen LogP) is 2.22. The molecule has 0 fully saturated rings. The molecule has 0 unspecified atom stereocenters. The van der Waals surface area contributed by atoms with Gasteiger partial charge in [-0.3, -0.25) is 45.1 Å². The van der Waals surface area contributed by atoms with Crippen LogP contribution in [-0.4, -0.2) is 41.4 Å². The van der Waals surface area contributed by atoms with E-state index in [1.165, 1.54) is 0 Å². The standard InChI is InChI=1S/C13H17N5O.C6H3N3O7/c1-9-11(12(19)18-13(14)17-9)5-3-7-16-10-4-2-6-15-8-10;10-6-4(8(13)14)1-3(7(11)12)2-5(6)9(15)16/h2,4,6,8,16H,3,5,7H2,1H3,(H3,14,17,18,19);1-2,10H. The number of non-ortho nitro benzene ring substituents is 1. The molecule has 2 heterocycles. The van der Waals surface area contributed by atoms with Crippen molar-refractivity contribution >= 4 is 28.7 Å². The summed E-state index contributed by atoms with van der Waals surface area (Å²) in [6.07, 6.45) is 5.00. The number of phenolic OH excluding ortho intramolecular Hbond substituents is 1. The third-order valence-electron chi connectivity index (χ3n) is 4.49. The van der Waals surface area contributed by atoms with E-state index in [0.717, 1.165) is 18.7 Å². The van der Waals surface area contributed by atoms with Crippen LogP contribution in [0.5, 0.6) is 5.75 Å². The average Bonchev–Trinajstić information content (AvgIpc) is 2.78. The first kappa shape index (κ1) is 26.1. The van der Waals surface area contributed by atoms with Crippen LogP contribution >= 0.6 is 0 Å². The molecule has 2 aromatic heterocycles. The summed E-state index contributed by atoms with van der Waals surface area (Å²) in [5.41, 5.74) is 4.69. The van der Waals surface area contributed by atoms with E-state index in [0.29, 0.717) is 29.8 Å². The highest BCUT2D eigenvalue weighted by Gasteiger charge is 2.30. The number of pyridine rings is 1. The van der Waals surface area contributed by atoms with Crippen molar-refractivity contribution in [1.82, 2.24) is 15.0 Å². The summed E-state index contributed by atoms with van der Waals surface area (Å²) >= 11 is 0. The lowest BCUT2D eigenvalue weighted by atomic mass is 10.1. The zero-order valence-corrected chi connectivity index (χ0v) is 18.2. The van der Waals surface area contributed by atoms with Crippen molar-refractivity contribution in [2.75, 3.05) is 17.6 Å². The van der Waals surface area contributed by atoms with Crippen molar-refractivity contribution in [2.24, 2.45) is 0 Å². The Morgan fingerprint density at radius 1 is 1.11 bits per heavy atom. The molecule has 35 heavy (non-hydrogen) atoms. The minimum Gasteiger partial charge on any atom is -0.497 e. The maximum absolute atomic E-state index is 11.7. The van der Waals surface area contributed by atoms with E-state index in [4.69, 9.17) is 10.8 Å². The zero-order chi connectivity index (χ0) is 26.1. The van der Waals surface area contributed by atoms with Gasteiger partial charge in [-0.15, -0.1) is 0 Å². The van der Waals surface area contributed by atoms with Crippen LogP contribution in [0.1, 0.15) is 17.7 Å². The van der Waals surface area contributed by atoms with Crippen LogP contribution in [0.15, 0.2) is 41.5 Å². The molecule has 0 atom stereocenters. The predicted molar refractivity (Wildman–Crippen MR) is 123 cm³/mol. The second kappa shape index (κ2) is 11.6. The van der Waals surface area contributed by atoms with Crippen LogP contribution in [0.2, 0.25) is 0 Å². The number of nitrogen functional groups attached to an aromatic ring is 1. The van der Waals surface area contributed by atoms with Crippen molar-refractivity contribution in [2.45, 2.75) is 19.8 Å². The van der Waals surface area contributed by atoms with E-state index in [1.807, 2.05) is 12.1 Å². The maximum atomic E-state index is 11.7. The fraction of sp³-hybridized carbons (Fsp3) is 0.211. The number of aryl methyl sites for hydroxylation is 1. The van der Waals surface area contributed by atoms with E-state index >= 15 is 0 Å². The highest BCUT2D eigenvalue weighted by molar-refractivity contribution is 5.64. The van der Waals surface area contributed by atoms with Crippen molar-refractivity contribution in [3.8, 4) is 5.75 Å². The molecule has 0 amide bonds. The fourth-order valence-corrected chi connectivity index (χ4v) is 2.87. The normalized spacial score (nSPS) is 10.1. The molecular formula is C19H20N8O8. The Labute approximate surface area is 195 Å². The fourth-order valence-electron chi connectivity index (χ4n) is 2.87. The maximum Gasteiger partial charge on any atom is 0.324 e. The first-order valence-corrected chi connectivity index (χ1v) is 9.80. The summed E-state index contributed by atoms with van der Waals surface area (Å²) in [5, 5.41) is 43.5. The summed E-state index contributed by atoms with van der Waals surface area (Å²) in [6, 6.07) is 4.72. The number of hydrogen-bond acceptors (Lipinski definition) is 12. The number of H-pyrrole nitrogens is 1. The Morgan fingerprint density at radius 3 is 2.23 bits per heavy atom. The number of nitrogens with zero attached hydrogens (tertiary/aromatic N) is 5. The van der Waals surface area contributed by atoms with E-state index in [9.17, 15) is 35.1 Å². The molecule has 3 aromatic rings. The molecule has 5 N–H and O–H groups in total. The number of aromatic hydroxyl groups is 1. The molecule has 184 valence electrons. The third-order valence-corrected chi connectivity index (χ3v) is 4.49. The lowest BCUT2D eigenvalue weighted by molar-refractivity contribution is -0.404. The number of nitrogens with two attached hydrogens (primary N) is 1. The minimum absolute atomic E-state index is 0.147. The number of nitro benzene ring substituents is 3. The molecule has 0 aliphatic carbocycles. The Bertz CT molecular complexity index is 1260. The van der Waals surface area contributed by atoms with Gasteiger partial charge in [-0.1, -0.05) is 0 Å². The van der Waals surface area contributed by atoms with E-state index in [1.54, 1.807) is 19.3 Å². The van der Waals surface area contributed by atoms with Gasteiger partial charge in [0.05, 0.1) is 32.6 Å². The van der Waals surface area contributed by atoms with Gasteiger partial charge < -0.3 is 16.2 Å². The van der Waals surface area contributed by atoms with E-state index in [2.05, 4.69) is 20.3 Å². The number of phenols is 1. The van der Waals surface area contributed by atoms with Crippen LogP contribution < -0.4 is 16.6 Å². The first-order valence-electron chi connectivity index (χ1n) is 9.80. The second-order valence-corrected chi connectivity index (χ2v) is 6.89. The van der Waals surface area contributed by atoms with Crippen LogP contribution in [0.3, 0.4) is 0 Å². The first-order chi connectivity index (χ1) is 16.5. The Balaban J connectivity index is 0.000000251. The van der Waals surface area contributed by atoms with Gasteiger partial charge in [0.15, 0.2) is 0 Å². The minimum atomic E-state index is -1.21. The second-order valence-electron chi connectivity index (χ2n) is 6.89. The van der Waals surface area contributed by atoms with Crippen molar-refractivity contribution < 1.29 is 19.9 Å². The van der Waals surface area contributed by atoms with Crippen LogP contribution in [-0.2, 0) is 6.42 Å².